The van der Waals surface area contributed by atoms with Crippen molar-refractivity contribution < 1.29 is 13.2 Å². The molecule has 1 heterocycles. The van der Waals surface area contributed by atoms with Crippen LogP contribution in [0, 0.1) is 23.2 Å². The quantitative estimate of drug-likeness (QED) is 0.720. The zero-order valence-corrected chi connectivity index (χ0v) is 17.6. The molecule has 3 aliphatic rings. The molecular formula is C19H24Cl2N2O3S. The van der Waals surface area contributed by atoms with Gasteiger partial charge < -0.3 is 5.32 Å². The van der Waals surface area contributed by atoms with Gasteiger partial charge in [0.15, 0.2) is 0 Å². The number of carbonyl (C=O) groups excluding carboxylic acids is 1. The number of piperidine rings is 1. The number of benzene rings is 1. The van der Waals surface area contributed by atoms with Crippen molar-refractivity contribution in [2.24, 2.45) is 23.2 Å². The van der Waals surface area contributed by atoms with Crippen LogP contribution in [0.25, 0.3) is 0 Å². The number of nitrogens with zero attached hydrogens (tertiary/aromatic N) is 1. The van der Waals surface area contributed by atoms with E-state index in [0.29, 0.717) is 47.1 Å². The molecule has 1 aromatic rings. The van der Waals surface area contributed by atoms with E-state index in [1.807, 2.05) is 0 Å². The fourth-order valence-electron chi connectivity index (χ4n) is 4.72. The third kappa shape index (κ3) is 3.61. The smallest absolute Gasteiger partial charge is 0.252 e. The molecule has 1 amide bonds. The van der Waals surface area contributed by atoms with E-state index in [9.17, 15) is 13.2 Å². The van der Waals surface area contributed by atoms with Crippen LogP contribution in [0.1, 0.15) is 36.5 Å². The van der Waals surface area contributed by atoms with Crippen LogP contribution in [0.15, 0.2) is 18.2 Å². The van der Waals surface area contributed by atoms with Crippen LogP contribution in [0.5, 0.6) is 0 Å². The summed E-state index contributed by atoms with van der Waals surface area (Å²) in [7, 11) is -3.13. The molecule has 2 aliphatic carbocycles. The zero-order chi connectivity index (χ0) is 19.4. The molecule has 0 radical (unpaired) electrons. The number of halogens is 2. The SMILES string of the molecule is CCS(=O)(=O)N1C[C@@H]2[C@H](C1)C2(CNC(=O)c1ccc(Cl)cc1Cl)CC1CC1. The molecule has 5 nitrogen and oxygen atoms in total. The largest absolute Gasteiger partial charge is 0.351 e. The van der Waals surface area contributed by atoms with Crippen molar-refractivity contribution in [3.63, 3.8) is 0 Å². The van der Waals surface area contributed by atoms with Crippen molar-refractivity contribution in [1.82, 2.24) is 9.62 Å². The normalized spacial score (nSPS) is 30.2. The van der Waals surface area contributed by atoms with Crippen LogP contribution < -0.4 is 5.32 Å². The molecule has 148 valence electrons. The summed E-state index contributed by atoms with van der Waals surface area (Å²) >= 11 is 12.0. The molecule has 1 unspecified atom stereocenters. The molecule has 3 fully saturated rings. The van der Waals surface area contributed by atoms with E-state index < -0.39 is 10.0 Å². The van der Waals surface area contributed by atoms with Crippen LogP contribution in [0.4, 0.5) is 0 Å². The molecule has 4 rings (SSSR count). The Bertz CT molecular complexity index is 858. The van der Waals surface area contributed by atoms with Gasteiger partial charge in [-0.05, 0) is 54.7 Å². The van der Waals surface area contributed by atoms with Crippen molar-refractivity contribution in [2.75, 3.05) is 25.4 Å². The van der Waals surface area contributed by atoms with Gasteiger partial charge in [0.2, 0.25) is 10.0 Å². The fraction of sp³-hybridized carbons (Fsp3) is 0.632. The van der Waals surface area contributed by atoms with E-state index in [0.717, 1.165) is 12.3 Å². The van der Waals surface area contributed by atoms with Crippen LogP contribution in [0.2, 0.25) is 10.0 Å². The van der Waals surface area contributed by atoms with E-state index in [1.54, 1.807) is 29.4 Å². The van der Waals surface area contributed by atoms with Gasteiger partial charge in [0, 0.05) is 24.7 Å². The highest BCUT2D eigenvalue weighted by atomic mass is 35.5. The fourth-order valence-corrected chi connectivity index (χ4v) is 6.36. The van der Waals surface area contributed by atoms with Crippen molar-refractivity contribution in [2.45, 2.75) is 26.2 Å². The van der Waals surface area contributed by atoms with Crippen molar-refractivity contribution >= 4 is 39.1 Å². The molecule has 0 spiro atoms. The van der Waals surface area contributed by atoms with Gasteiger partial charge in [0.05, 0.1) is 16.3 Å². The van der Waals surface area contributed by atoms with E-state index in [2.05, 4.69) is 5.32 Å². The van der Waals surface area contributed by atoms with Crippen LogP contribution in [-0.2, 0) is 10.0 Å². The van der Waals surface area contributed by atoms with Crippen molar-refractivity contribution in [3.05, 3.63) is 33.8 Å². The molecule has 3 atom stereocenters. The lowest BCUT2D eigenvalue weighted by Crippen LogP contribution is -2.39. The summed E-state index contributed by atoms with van der Waals surface area (Å²) in [4.78, 5) is 12.6. The first-order valence-electron chi connectivity index (χ1n) is 9.48. The van der Waals surface area contributed by atoms with Crippen LogP contribution in [-0.4, -0.2) is 44.0 Å². The van der Waals surface area contributed by atoms with E-state index >= 15 is 0 Å². The van der Waals surface area contributed by atoms with Gasteiger partial charge in [-0.1, -0.05) is 36.0 Å². The monoisotopic (exact) mass is 430 g/mol. The van der Waals surface area contributed by atoms with Crippen molar-refractivity contribution in [1.29, 1.82) is 0 Å². The van der Waals surface area contributed by atoms with E-state index in [1.165, 1.54) is 12.8 Å². The minimum Gasteiger partial charge on any atom is -0.351 e. The van der Waals surface area contributed by atoms with Gasteiger partial charge in [-0.3, -0.25) is 4.79 Å². The first-order chi connectivity index (χ1) is 12.8. The zero-order valence-electron chi connectivity index (χ0n) is 15.2. The molecule has 1 N–H and O–H groups in total. The van der Waals surface area contributed by atoms with Gasteiger partial charge in [-0.2, -0.15) is 0 Å². The topological polar surface area (TPSA) is 66.5 Å². The summed E-state index contributed by atoms with van der Waals surface area (Å²) in [6.45, 7) is 3.44. The maximum absolute atomic E-state index is 12.6. The summed E-state index contributed by atoms with van der Waals surface area (Å²) in [6.07, 6.45) is 3.57. The Labute approximate surface area is 170 Å². The number of amides is 1. The Balaban J connectivity index is 1.44. The highest BCUT2D eigenvalue weighted by Gasteiger charge is 2.69. The number of hydrogen-bond donors (Lipinski definition) is 1. The summed E-state index contributed by atoms with van der Waals surface area (Å²) in [5.41, 5.74) is 0.457. The molecule has 0 aromatic heterocycles. The van der Waals surface area contributed by atoms with Gasteiger partial charge in [-0.25, -0.2) is 12.7 Å². The minimum absolute atomic E-state index is 0.0372. The lowest BCUT2D eigenvalue weighted by Gasteiger charge is -2.26. The third-order valence-electron chi connectivity index (χ3n) is 6.53. The summed E-state index contributed by atoms with van der Waals surface area (Å²) in [5.74, 6) is 1.37. The Morgan fingerprint density at radius 2 is 1.93 bits per heavy atom. The Hall–Kier alpha value is -0.820. The predicted molar refractivity (Wildman–Crippen MR) is 107 cm³/mol. The van der Waals surface area contributed by atoms with Gasteiger partial charge in [0.1, 0.15) is 0 Å². The number of nitrogens with one attached hydrogen (secondary N) is 1. The molecule has 8 heteroatoms. The maximum Gasteiger partial charge on any atom is 0.252 e. The Morgan fingerprint density at radius 1 is 1.26 bits per heavy atom. The predicted octanol–water partition coefficient (Wildman–Crippen LogP) is 3.42. The average Bonchev–Trinajstić information content (AvgIpc) is 3.48. The molecular weight excluding hydrogens is 407 g/mol. The number of hydrogen-bond acceptors (Lipinski definition) is 3. The molecule has 1 aliphatic heterocycles. The third-order valence-corrected chi connectivity index (χ3v) is 8.89. The standard InChI is InChI=1S/C19H24Cl2N2O3S/c1-2-27(25,26)23-9-15-16(10-23)19(15,8-12-3-4-12)11-22-18(24)14-6-5-13(20)7-17(14)21/h5-7,12,15-16H,2-4,8-11H2,1H3,(H,22,24)/t15-,16+,19?. The summed E-state index contributed by atoms with van der Waals surface area (Å²) in [6, 6.07) is 4.86. The Morgan fingerprint density at radius 3 is 2.48 bits per heavy atom. The lowest BCUT2D eigenvalue weighted by molar-refractivity contribution is 0.0937. The molecule has 2 saturated carbocycles. The first-order valence-corrected chi connectivity index (χ1v) is 11.8. The molecule has 1 aromatic carbocycles. The van der Waals surface area contributed by atoms with Gasteiger partial charge in [-0.15, -0.1) is 0 Å². The molecule has 27 heavy (non-hydrogen) atoms. The number of sulfonamides is 1. The lowest BCUT2D eigenvalue weighted by atomic mass is 9.92. The van der Waals surface area contributed by atoms with E-state index in [4.69, 9.17) is 23.2 Å². The highest BCUT2D eigenvalue weighted by molar-refractivity contribution is 7.89. The number of carbonyl (C=O) groups is 1. The number of rotatable bonds is 7. The van der Waals surface area contributed by atoms with Crippen LogP contribution >= 0.6 is 23.2 Å². The molecule has 1 saturated heterocycles. The average molecular weight is 431 g/mol. The second-order valence-electron chi connectivity index (χ2n) is 8.12. The molecule has 0 bridgehead atoms. The van der Waals surface area contributed by atoms with Gasteiger partial charge in [0.25, 0.3) is 5.91 Å². The summed E-state index contributed by atoms with van der Waals surface area (Å²) in [5, 5.41) is 3.89. The first kappa shape index (κ1) is 19.5. The minimum atomic E-state index is -3.13. The maximum atomic E-state index is 12.6. The van der Waals surface area contributed by atoms with Crippen LogP contribution in [0.3, 0.4) is 0 Å². The summed E-state index contributed by atoms with van der Waals surface area (Å²) < 4.78 is 26.0. The van der Waals surface area contributed by atoms with Crippen molar-refractivity contribution in [3.8, 4) is 0 Å². The van der Waals surface area contributed by atoms with E-state index in [-0.39, 0.29) is 17.1 Å². The Kier molecular flexibility index (Phi) is 4.98. The second kappa shape index (κ2) is 6.90. The van der Waals surface area contributed by atoms with Gasteiger partial charge >= 0.3 is 0 Å². The second-order valence-corrected chi connectivity index (χ2v) is 11.2. The number of fused-ring (bicyclic) bond motifs is 1. The highest BCUT2D eigenvalue weighted by Crippen LogP contribution is 2.67.